The fourth-order valence-electron chi connectivity index (χ4n) is 2.92. The van der Waals surface area contributed by atoms with Gasteiger partial charge in [-0.3, -0.25) is 4.79 Å². The van der Waals surface area contributed by atoms with Crippen molar-refractivity contribution in [2.75, 3.05) is 16.8 Å². The average Bonchev–Trinajstić information content (AvgIpc) is 2.95. The molecule has 1 N–H and O–H groups in total. The Morgan fingerprint density at radius 3 is 2.52 bits per heavy atom. The van der Waals surface area contributed by atoms with Gasteiger partial charge in [0, 0.05) is 6.42 Å². The predicted octanol–water partition coefficient (Wildman–Crippen LogP) is 3.63. The first-order valence-corrected chi connectivity index (χ1v) is 10.2. The van der Waals surface area contributed by atoms with Crippen molar-refractivity contribution in [3.63, 3.8) is 0 Å². The summed E-state index contributed by atoms with van der Waals surface area (Å²) in [5, 5.41) is 2.86. The van der Waals surface area contributed by atoms with E-state index in [1.54, 1.807) is 12.1 Å². The summed E-state index contributed by atoms with van der Waals surface area (Å²) in [5.41, 5.74) is 0.607. The summed E-state index contributed by atoms with van der Waals surface area (Å²) in [6.45, 7) is 0. The third-order valence-electron chi connectivity index (χ3n) is 4.24. The first-order chi connectivity index (χ1) is 12.0. The molecule has 2 aromatic rings. The highest BCUT2D eigenvalue weighted by Crippen LogP contribution is 2.29. The molecule has 5 nitrogen and oxygen atoms in total. The summed E-state index contributed by atoms with van der Waals surface area (Å²) in [4.78, 5) is 12.2. The number of hydrogen-bond acceptors (Lipinski definition) is 4. The van der Waals surface area contributed by atoms with E-state index in [-0.39, 0.29) is 23.3 Å². The highest BCUT2D eigenvalue weighted by Gasteiger charge is 2.27. The number of hydrogen-bond donors (Lipinski definition) is 1. The molecule has 0 bridgehead atoms. The van der Waals surface area contributed by atoms with Gasteiger partial charge in [0.05, 0.1) is 17.2 Å². The Labute approximate surface area is 147 Å². The second kappa shape index (κ2) is 7.70. The molecule has 1 heterocycles. The Morgan fingerprint density at radius 2 is 1.80 bits per heavy atom. The van der Waals surface area contributed by atoms with Gasteiger partial charge in [0.25, 0.3) is 0 Å². The minimum atomic E-state index is -2.90. The van der Waals surface area contributed by atoms with E-state index in [2.05, 4.69) is 5.32 Å². The zero-order valence-corrected chi connectivity index (χ0v) is 14.7. The van der Waals surface area contributed by atoms with Gasteiger partial charge in [0.15, 0.2) is 15.6 Å². The first kappa shape index (κ1) is 17.5. The molecular weight excluding hydrogens is 338 g/mol. The summed E-state index contributed by atoms with van der Waals surface area (Å²) in [7, 11) is -2.90. The van der Waals surface area contributed by atoms with Gasteiger partial charge in [0.2, 0.25) is 5.91 Å². The van der Waals surface area contributed by atoms with E-state index in [0.717, 1.165) is 0 Å². The van der Waals surface area contributed by atoms with E-state index in [4.69, 9.17) is 4.74 Å². The molecule has 1 fully saturated rings. The Morgan fingerprint density at radius 1 is 1.08 bits per heavy atom. The molecule has 6 heteroatoms. The van der Waals surface area contributed by atoms with Gasteiger partial charge in [-0.2, -0.15) is 0 Å². The quantitative estimate of drug-likeness (QED) is 0.855. The van der Waals surface area contributed by atoms with Crippen LogP contribution in [0.3, 0.4) is 0 Å². The van der Waals surface area contributed by atoms with Crippen molar-refractivity contribution >= 4 is 21.4 Å². The molecular formula is C19H21NO4S. The zero-order valence-electron chi connectivity index (χ0n) is 13.9. The highest BCUT2D eigenvalue weighted by atomic mass is 32.2. The maximum absolute atomic E-state index is 12.2. The van der Waals surface area contributed by atoms with E-state index in [0.29, 0.717) is 36.4 Å². The lowest BCUT2D eigenvalue weighted by atomic mass is 10.0. The van der Waals surface area contributed by atoms with Crippen LogP contribution in [0.1, 0.15) is 19.3 Å². The number of carbonyl (C=O) groups excluding carboxylic acids is 1. The maximum Gasteiger partial charge on any atom is 0.224 e. The topological polar surface area (TPSA) is 72.5 Å². The Hall–Kier alpha value is -2.34. The number of nitrogens with one attached hydrogen (secondary N) is 1. The number of amides is 1. The number of carbonyl (C=O) groups is 1. The largest absolute Gasteiger partial charge is 0.455 e. The number of para-hydroxylation sites is 3. The van der Waals surface area contributed by atoms with Gasteiger partial charge in [-0.1, -0.05) is 30.3 Å². The molecule has 3 rings (SSSR count). The van der Waals surface area contributed by atoms with Crippen LogP contribution in [-0.2, 0) is 14.6 Å². The number of anilines is 1. The first-order valence-electron chi connectivity index (χ1n) is 8.34. The van der Waals surface area contributed by atoms with Crippen LogP contribution in [0.2, 0.25) is 0 Å². The average molecular weight is 359 g/mol. The molecule has 25 heavy (non-hydrogen) atoms. The lowest BCUT2D eigenvalue weighted by molar-refractivity contribution is -0.116. The number of rotatable bonds is 6. The van der Waals surface area contributed by atoms with Crippen LogP contribution in [0.25, 0.3) is 0 Å². The number of ether oxygens (including phenoxy) is 1. The zero-order chi connectivity index (χ0) is 17.7. The van der Waals surface area contributed by atoms with Gasteiger partial charge < -0.3 is 10.1 Å². The van der Waals surface area contributed by atoms with Crippen LogP contribution < -0.4 is 10.1 Å². The number of sulfone groups is 1. The fourth-order valence-corrected chi connectivity index (χ4v) is 4.83. The van der Waals surface area contributed by atoms with Crippen LogP contribution in [-0.4, -0.2) is 25.8 Å². The Balaban J connectivity index is 1.58. The molecule has 132 valence electrons. The van der Waals surface area contributed by atoms with Crippen molar-refractivity contribution in [2.24, 2.45) is 5.92 Å². The Bertz CT molecular complexity index is 834. The van der Waals surface area contributed by atoms with Gasteiger partial charge in [0.1, 0.15) is 5.75 Å². The Kier molecular flexibility index (Phi) is 5.38. The maximum atomic E-state index is 12.2. The molecule has 2 aromatic carbocycles. The van der Waals surface area contributed by atoms with Gasteiger partial charge in [-0.15, -0.1) is 0 Å². The molecule has 0 aromatic heterocycles. The van der Waals surface area contributed by atoms with Crippen molar-refractivity contribution in [3.8, 4) is 11.5 Å². The van der Waals surface area contributed by atoms with Crippen molar-refractivity contribution in [3.05, 3.63) is 54.6 Å². The van der Waals surface area contributed by atoms with Crippen molar-refractivity contribution in [1.29, 1.82) is 0 Å². The minimum absolute atomic E-state index is 0.0894. The second-order valence-corrected chi connectivity index (χ2v) is 8.50. The smallest absolute Gasteiger partial charge is 0.224 e. The van der Waals surface area contributed by atoms with E-state index in [9.17, 15) is 13.2 Å². The standard InChI is InChI=1S/C19H21NO4S/c21-19(11-10-15-12-13-25(22,23)14-15)20-17-8-4-5-9-18(17)24-16-6-2-1-3-7-16/h1-9,15H,10-14H2,(H,20,21). The van der Waals surface area contributed by atoms with E-state index < -0.39 is 9.84 Å². The summed E-state index contributed by atoms with van der Waals surface area (Å²) in [5.74, 6) is 1.67. The van der Waals surface area contributed by atoms with E-state index in [1.165, 1.54) is 0 Å². The third kappa shape index (κ3) is 5.06. The van der Waals surface area contributed by atoms with E-state index >= 15 is 0 Å². The summed E-state index contributed by atoms with van der Waals surface area (Å²) in [6, 6.07) is 16.6. The molecule has 0 radical (unpaired) electrons. The van der Waals surface area contributed by atoms with Crippen molar-refractivity contribution < 1.29 is 17.9 Å². The third-order valence-corrected chi connectivity index (χ3v) is 6.08. The SMILES string of the molecule is O=C(CCC1CCS(=O)(=O)C1)Nc1ccccc1Oc1ccccc1. The number of benzene rings is 2. The molecule has 1 aliphatic rings. The normalized spacial score (nSPS) is 18.6. The molecule has 1 aliphatic heterocycles. The molecule has 0 spiro atoms. The van der Waals surface area contributed by atoms with Crippen LogP contribution in [0, 0.1) is 5.92 Å². The second-order valence-electron chi connectivity index (χ2n) is 6.27. The van der Waals surface area contributed by atoms with Gasteiger partial charge >= 0.3 is 0 Å². The van der Waals surface area contributed by atoms with Crippen LogP contribution in [0.15, 0.2) is 54.6 Å². The van der Waals surface area contributed by atoms with Gasteiger partial charge in [-0.25, -0.2) is 8.42 Å². The molecule has 1 atom stereocenters. The molecule has 0 aliphatic carbocycles. The van der Waals surface area contributed by atoms with Crippen LogP contribution >= 0.6 is 0 Å². The predicted molar refractivity (Wildman–Crippen MR) is 97.6 cm³/mol. The highest BCUT2D eigenvalue weighted by molar-refractivity contribution is 7.91. The van der Waals surface area contributed by atoms with Crippen molar-refractivity contribution in [1.82, 2.24) is 0 Å². The summed E-state index contributed by atoms with van der Waals surface area (Å²) >= 11 is 0. The lowest BCUT2D eigenvalue weighted by Gasteiger charge is -2.13. The monoisotopic (exact) mass is 359 g/mol. The molecule has 1 unspecified atom stereocenters. The summed E-state index contributed by atoms with van der Waals surface area (Å²) < 4.78 is 28.8. The van der Waals surface area contributed by atoms with Crippen LogP contribution in [0.4, 0.5) is 5.69 Å². The lowest BCUT2D eigenvalue weighted by Crippen LogP contribution is -2.14. The summed E-state index contributed by atoms with van der Waals surface area (Å²) in [6.07, 6.45) is 1.55. The van der Waals surface area contributed by atoms with Crippen LogP contribution in [0.5, 0.6) is 11.5 Å². The molecule has 1 amide bonds. The fraction of sp³-hybridized carbons (Fsp3) is 0.316. The van der Waals surface area contributed by atoms with Crippen molar-refractivity contribution in [2.45, 2.75) is 19.3 Å². The minimum Gasteiger partial charge on any atom is -0.455 e. The molecule has 0 saturated carbocycles. The molecule has 1 saturated heterocycles. The van der Waals surface area contributed by atoms with Gasteiger partial charge in [-0.05, 0) is 43.0 Å². The van der Waals surface area contributed by atoms with E-state index in [1.807, 2.05) is 42.5 Å².